The molecule has 1 heterocycles. The minimum absolute atomic E-state index is 0.279. The van der Waals surface area contributed by atoms with E-state index in [4.69, 9.17) is 9.47 Å². The van der Waals surface area contributed by atoms with Crippen molar-refractivity contribution in [2.24, 2.45) is 0 Å². The molecule has 0 aliphatic carbocycles. The van der Waals surface area contributed by atoms with Crippen LogP contribution in [0.3, 0.4) is 0 Å². The van der Waals surface area contributed by atoms with Gasteiger partial charge in [0.2, 0.25) is 6.29 Å². The molecule has 2 rings (SSSR count). The first-order valence-electron chi connectivity index (χ1n) is 5.19. The van der Waals surface area contributed by atoms with E-state index in [2.05, 4.69) is 0 Å². The summed E-state index contributed by atoms with van der Waals surface area (Å²) in [7, 11) is 0. The van der Waals surface area contributed by atoms with Crippen LogP contribution < -0.4 is 4.74 Å². The molecule has 0 saturated heterocycles. The molecule has 1 aliphatic heterocycles. The van der Waals surface area contributed by atoms with E-state index in [-0.39, 0.29) is 5.97 Å². The Morgan fingerprint density at radius 1 is 1.33 bits per heavy atom. The predicted octanol–water partition coefficient (Wildman–Crippen LogP) is 2.67. The monoisotopic (exact) mass is 206 g/mol. The number of benzene rings is 1. The number of cyclic esters (lactones) is 1. The maximum Gasteiger partial charge on any atom is 0.345 e. The highest BCUT2D eigenvalue weighted by molar-refractivity contribution is 5.93. The summed E-state index contributed by atoms with van der Waals surface area (Å²) in [5, 5.41) is 0. The summed E-state index contributed by atoms with van der Waals surface area (Å²) >= 11 is 0. The molecule has 1 aliphatic rings. The zero-order chi connectivity index (χ0) is 10.8. The molecule has 0 radical (unpaired) electrons. The topological polar surface area (TPSA) is 35.5 Å². The van der Waals surface area contributed by atoms with E-state index in [0.29, 0.717) is 11.3 Å². The van der Waals surface area contributed by atoms with Crippen LogP contribution in [0.15, 0.2) is 18.2 Å². The molecule has 3 heteroatoms. The van der Waals surface area contributed by atoms with E-state index >= 15 is 0 Å². The van der Waals surface area contributed by atoms with Crippen LogP contribution in [0.4, 0.5) is 0 Å². The fourth-order valence-corrected chi connectivity index (χ4v) is 1.66. The molecule has 0 amide bonds. The van der Waals surface area contributed by atoms with Gasteiger partial charge in [0.1, 0.15) is 11.3 Å². The average molecular weight is 206 g/mol. The lowest BCUT2D eigenvalue weighted by atomic mass is 10.1. The van der Waals surface area contributed by atoms with Crippen LogP contribution in [0.25, 0.3) is 0 Å². The lowest BCUT2D eigenvalue weighted by Crippen LogP contribution is -2.30. The van der Waals surface area contributed by atoms with Gasteiger partial charge in [-0.1, -0.05) is 19.1 Å². The quantitative estimate of drug-likeness (QED) is 0.698. The molecule has 1 aromatic rings. The second-order valence-corrected chi connectivity index (χ2v) is 3.69. The molecule has 3 nitrogen and oxygen atoms in total. The number of aryl methyl sites for hydroxylation is 1. The highest BCUT2D eigenvalue weighted by Gasteiger charge is 2.27. The van der Waals surface area contributed by atoms with Crippen molar-refractivity contribution in [2.75, 3.05) is 0 Å². The van der Waals surface area contributed by atoms with Gasteiger partial charge in [0, 0.05) is 6.42 Å². The van der Waals surface area contributed by atoms with Crippen LogP contribution >= 0.6 is 0 Å². The summed E-state index contributed by atoms with van der Waals surface area (Å²) in [4.78, 5) is 11.6. The van der Waals surface area contributed by atoms with Crippen LogP contribution in [0, 0.1) is 6.92 Å². The lowest BCUT2D eigenvalue weighted by molar-refractivity contribution is -0.0642. The van der Waals surface area contributed by atoms with Crippen molar-refractivity contribution in [3.8, 4) is 5.75 Å². The molecular weight excluding hydrogens is 192 g/mol. The van der Waals surface area contributed by atoms with E-state index in [1.807, 2.05) is 26.0 Å². The lowest BCUT2D eigenvalue weighted by Gasteiger charge is -2.26. The average Bonchev–Trinajstić information content (AvgIpc) is 2.20. The number of fused-ring (bicyclic) bond motifs is 1. The Hall–Kier alpha value is -1.51. The molecule has 15 heavy (non-hydrogen) atoms. The van der Waals surface area contributed by atoms with Gasteiger partial charge in [-0.05, 0) is 25.0 Å². The van der Waals surface area contributed by atoms with Gasteiger partial charge in [-0.2, -0.15) is 0 Å². The van der Waals surface area contributed by atoms with Crippen LogP contribution in [0.2, 0.25) is 0 Å². The number of rotatable bonds is 2. The van der Waals surface area contributed by atoms with Gasteiger partial charge < -0.3 is 9.47 Å². The summed E-state index contributed by atoms with van der Waals surface area (Å²) in [6, 6.07) is 5.49. The normalized spacial score (nSPS) is 19.1. The standard InChI is InChI=1S/C12H14O3/c1-3-5-10-14-11-8(2)6-4-7-9(11)12(13)15-10/h4,6-7,10H,3,5H2,1-2H3. The molecule has 0 spiro atoms. The first-order valence-corrected chi connectivity index (χ1v) is 5.19. The van der Waals surface area contributed by atoms with E-state index in [9.17, 15) is 4.79 Å². The first-order chi connectivity index (χ1) is 7.22. The fourth-order valence-electron chi connectivity index (χ4n) is 1.66. The molecule has 1 atom stereocenters. The SMILES string of the molecule is CCCC1OC(=O)c2cccc(C)c2O1. The van der Waals surface area contributed by atoms with Crippen molar-refractivity contribution in [1.82, 2.24) is 0 Å². The number of hydrogen-bond acceptors (Lipinski definition) is 3. The smallest absolute Gasteiger partial charge is 0.345 e. The third-order valence-electron chi connectivity index (χ3n) is 2.44. The van der Waals surface area contributed by atoms with Crippen molar-refractivity contribution in [1.29, 1.82) is 0 Å². The second kappa shape index (κ2) is 3.93. The van der Waals surface area contributed by atoms with Gasteiger partial charge in [0.05, 0.1) is 0 Å². The third kappa shape index (κ3) is 1.82. The molecule has 0 fully saturated rings. The Kier molecular flexibility index (Phi) is 2.62. The van der Waals surface area contributed by atoms with E-state index in [1.165, 1.54) is 0 Å². The largest absolute Gasteiger partial charge is 0.454 e. The highest BCUT2D eigenvalue weighted by Crippen LogP contribution is 2.30. The maximum absolute atomic E-state index is 11.6. The number of hydrogen-bond donors (Lipinski definition) is 0. The van der Waals surface area contributed by atoms with Crippen LogP contribution in [-0.2, 0) is 4.74 Å². The zero-order valence-corrected chi connectivity index (χ0v) is 8.95. The van der Waals surface area contributed by atoms with E-state index in [1.54, 1.807) is 6.07 Å². The number of carbonyl (C=O) groups excluding carboxylic acids is 1. The van der Waals surface area contributed by atoms with E-state index < -0.39 is 6.29 Å². The third-order valence-corrected chi connectivity index (χ3v) is 2.44. The first kappa shape index (κ1) is 10.0. The summed E-state index contributed by atoms with van der Waals surface area (Å²) < 4.78 is 10.8. The van der Waals surface area contributed by atoms with Crippen molar-refractivity contribution in [3.05, 3.63) is 29.3 Å². The Morgan fingerprint density at radius 3 is 2.87 bits per heavy atom. The Bertz CT molecular complexity index is 384. The van der Waals surface area contributed by atoms with Crippen molar-refractivity contribution in [2.45, 2.75) is 33.0 Å². The zero-order valence-electron chi connectivity index (χ0n) is 8.95. The van der Waals surface area contributed by atoms with Crippen LogP contribution in [0.5, 0.6) is 5.75 Å². The van der Waals surface area contributed by atoms with Crippen molar-refractivity contribution in [3.63, 3.8) is 0 Å². The summed E-state index contributed by atoms with van der Waals surface area (Å²) in [5.74, 6) is 0.394. The second-order valence-electron chi connectivity index (χ2n) is 3.69. The number of ether oxygens (including phenoxy) is 2. The molecule has 1 unspecified atom stereocenters. The maximum atomic E-state index is 11.6. The Morgan fingerprint density at radius 2 is 2.13 bits per heavy atom. The highest BCUT2D eigenvalue weighted by atomic mass is 16.7. The summed E-state index contributed by atoms with van der Waals surface area (Å²) in [6.07, 6.45) is 1.25. The van der Waals surface area contributed by atoms with Crippen molar-refractivity contribution < 1.29 is 14.3 Å². The van der Waals surface area contributed by atoms with Gasteiger partial charge in [-0.25, -0.2) is 4.79 Å². The number of para-hydroxylation sites is 1. The minimum atomic E-state index is -0.420. The predicted molar refractivity (Wildman–Crippen MR) is 55.9 cm³/mol. The molecule has 1 aromatic carbocycles. The summed E-state index contributed by atoms with van der Waals surface area (Å²) in [6.45, 7) is 3.96. The van der Waals surface area contributed by atoms with Gasteiger partial charge >= 0.3 is 5.97 Å². The Labute approximate surface area is 89.0 Å². The van der Waals surface area contributed by atoms with Crippen LogP contribution in [-0.4, -0.2) is 12.3 Å². The molecule has 0 aromatic heterocycles. The van der Waals surface area contributed by atoms with Gasteiger partial charge in [-0.15, -0.1) is 0 Å². The van der Waals surface area contributed by atoms with Gasteiger partial charge in [0.25, 0.3) is 0 Å². The van der Waals surface area contributed by atoms with Gasteiger partial charge in [0.15, 0.2) is 0 Å². The number of esters is 1. The molecular formula is C12H14O3. The van der Waals surface area contributed by atoms with E-state index in [0.717, 1.165) is 18.4 Å². The number of carbonyl (C=O) groups is 1. The minimum Gasteiger partial charge on any atom is -0.454 e. The Balaban J connectivity index is 2.33. The van der Waals surface area contributed by atoms with Gasteiger partial charge in [-0.3, -0.25) is 0 Å². The van der Waals surface area contributed by atoms with Crippen molar-refractivity contribution >= 4 is 5.97 Å². The molecule has 0 saturated carbocycles. The van der Waals surface area contributed by atoms with Crippen LogP contribution in [0.1, 0.15) is 35.7 Å². The fraction of sp³-hybridized carbons (Fsp3) is 0.417. The summed E-state index contributed by atoms with van der Waals surface area (Å²) in [5.41, 5.74) is 1.51. The molecule has 80 valence electrons. The molecule has 0 N–H and O–H groups in total. The molecule has 0 bridgehead atoms.